The van der Waals surface area contributed by atoms with E-state index in [1.165, 1.54) is 0 Å². The van der Waals surface area contributed by atoms with E-state index < -0.39 is 0 Å². The van der Waals surface area contributed by atoms with Crippen LogP contribution in [0.1, 0.15) is 33.6 Å². The van der Waals surface area contributed by atoms with Gasteiger partial charge in [-0.05, 0) is 20.3 Å². The molecule has 0 radical (unpaired) electrons. The second kappa shape index (κ2) is 5.65. The Bertz CT molecular complexity index is 202. The van der Waals surface area contributed by atoms with Crippen LogP contribution in [0.25, 0.3) is 0 Å². The van der Waals surface area contributed by atoms with E-state index in [2.05, 4.69) is 13.5 Å². The molecule has 0 rings (SSSR count). The topological polar surface area (TPSA) is 55.3 Å². The van der Waals surface area contributed by atoms with Gasteiger partial charge < -0.3 is 10.7 Å². The molecule has 0 aliphatic rings. The maximum atomic E-state index is 5.78. The van der Waals surface area contributed by atoms with Crippen LogP contribution in [0.4, 0.5) is 0 Å². The summed E-state index contributed by atoms with van der Waals surface area (Å²) in [4.78, 5) is 0. The molecule has 0 amide bonds. The van der Waals surface area contributed by atoms with Crippen molar-refractivity contribution in [3.8, 4) is 0 Å². The second-order valence-electron chi connectivity index (χ2n) is 3.40. The highest BCUT2D eigenvalue weighted by Gasteiger charge is 2.03. The Morgan fingerprint density at radius 2 is 1.92 bits per heavy atom. The van der Waals surface area contributed by atoms with Crippen molar-refractivity contribution in [1.82, 2.24) is 5.01 Å². The number of allylic oxidation sites excluding steroid dienone is 2. The second-order valence-corrected chi connectivity index (χ2v) is 3.40. The molecular formula is C10H21N3. The lowest BCUT2D eigenvalue weighted by Gasteiger charge is -2.21. The molecule has 0 heterocycles. The van der Waals surface area contributed by atoms with Gasteiger partial charge in [0, 0.05) is 11.4 Å². The molecule has 0 saturated carbocycles. The van der Waals surface area contributed by atoms with Crippen LogP contribution in [0.3, 0.4) is 0 Å². The number of rotatable bonds is 5. The first-order chi connectivity index (χ1) is 5.99. The van der Waals surface area contributed by atoms with Gasteiger partial charge in [-0.25, -0.2) is 5.84 Å². The third-order valence-corrected chi connectivity index (χ3v) is 2.00. The lowest BCUT2D eigenvalue weighted by atomic mass is 10.2. The molecule has 0 aromatic carbocycles. The smallest absolute Gasteiger partial charge is 0.0546 e. The fourth-order valence-corrected chi connectivity index (χ4v) is 1.02. The van der Waals surface area contributed by atoms with E-state index in [4.69, 9.17) is 11.6 Å². The van der Waals surface area contributed by atoms with Crippen molar-refractivity contribution in [3.05, 3.63) is 23.5 Å². The normalized spacial score (nSPS) is 12.3. The van der Waals surface area contributed by atoms with Crippen LogP contribution in [-0.4, -0.2) is 11.6 Å². The average molecular weight is 183 g/mol. The predicted octanol–water partition coefficient (Wildman–Crippen LogP) is 1.73. The number of nitrogens with two attached hydrogens (primary N) is 2. The standard InChI is InChI=1S/C10H21N3/c1-5-6-8(2)7-13(12)10(4)9(3)11/h2,5-7,11-12H2,1,3-4H3/b10-9-. The molecule has 0 aliphatic heterocycles. The van der Waals surface area contributed by atoms with Crippen molar-refractivity contribution in [2.24, 2.45) is 11.6 Å². The first kappa shape index (κ1) is 12.0. The zero-order chi connectivity index (χ0) is 10.4. The maximum absolute atomic E-state index is 5.78. The SMILES string of the molecule is C=C(CCC)CN(N)/C(C)=C(/C)N. The fourth-order valence-electron chi connectivity index (χ4n) is 1.02. The molecule has 0 aromatic rings. The van der Waals surface area contributed by atoms with Crippen LogP contribution in [0, 0.1) is 0 Å². The minimum atomic E-state index is 0.689. The van der Waals surface area contributed by atoms with Crippen molar-refractivity contribution in [2.75, 3.05) is 6.54 Å². The molecule has 3 heteroatoms. The molecule has 13 heavy (non-hydrogen) atoms. The molecule has 0 unspecified atom stereocenters. The highest BCUT2D eigenvalue weighted by Crippen LogP contribution is 2.07. The maximum Gasteiger partial charge on any atom is 0.0546 e. The van der Waals surface area contributed by atoms with Gasteiger partial charge in [-0.3, -0.25) is 0 Å². The van der Waals surface area contributed by atoms with E-state index in [-0.39, 0.29) is 0 Å². The molecule has 0 bridgehead atoms. The zero-order valence-corrected chi connectivity index (χ0v) is 8.93. The Labute approximate surface area is 81.1 Å². The minimum Gasteiger partial charge on any atom is -0.401 e. The number of hydrogen-bond acceptors (Lipinski definition) is 3. The summed E-state index contributed by atoms with van der Waals surface area (Å²) in [6.45, 7) is 10.5. The lowest BCUT2D eigenvalue weighted by Crippen LogP contribution is -2.32. The summed E-state index contributed by atoms with van der Waals surface area (Å²) in [5.41, 5.74) is 8.43. The molecule has 0 aromatic heterocycles. The van der Waals surface area contributed by atoms with Gasteiger partial charge in [0.15, 0.2) is 0 Å². The fraction of sp³-hybridized carbons (Fsp3) is 0.600. The first-order valence-corrected chi connectivity index (χ1v) is 4.60. The van der Waals surface area contributed by atoms with Crippen LogP contribution in [0.5, 0.6) is 0 Å². The average Bonchev–Trinajstić information content (AvgIpc) is 2.03. The summed E-state index contributed by atoms with van der Waals surface area (Å²) in [6.07, 6.45) is 2.13. The molecule has 0 spiro atoms. The summed E-state index contributed by atoms with van der Waals surface area (Å²) in [5.74, 6) is 5.78. The van der Waals surface area contributed by atoms with Gasteiger partial charge in [-0.15, -0.1) is 0 Å². The Morgan fingerprint density at radius 1 is 1.38 bits per heavy atom. The molecule has 76 valence electrons. The van der Waals surface area contributed by atoms with Crippen LogP contribution in [0.2, 0.25) is 0 Å². The molecule has 0 atom stereocenters. The highest BCUT2D eigenvalue weighted by atomic mass is 15.4. The van der Waals surface area contributed by atoms with Crippen molar-refractivity contribution in [1.29, 1.82) is 0 Å². The van der Waals surface area contributed by atoms with Gasteiger partial charge >= 0.3 is 0 Å². The summed E-state index contributed by atoms with van der Waals surface area (Å²) < 4.78 is 0. The molecule has 0 aliphatic carbocycles. The summed E-state index contributed by atoms with van der Waals surface area (Å²) >= 11 is 0. The van der Waals surface area contributed by atoms with Crippen molar-refractivity contribution < 1.29 is 0 Å². The van der Waals surface area contributed by atoms with Crippen molar-refractivity contribution >= 4 is 0 Å². The van der Waals surface area contributed by atoms with Crippen LogP contribution in [-0.2, 0) is 0 Å². The van der Waals surface area contributed by atoms with E-state index in [0.29, 0.717) is 6.54 Å². The van der Waals surface area contributed by atoms with Crippen molar-refractivity contribution in [2.45, 2.75) is 33.6 Å². The largest absolute Gasteiger partial charge is 0.401 e. The van der Waals surface area contributed by atoms with Crippen LogP contribution in [0.15, 0.2) is 23.5 Å². The third kappa shape index (κ3) is 4.58. The summed E-state index contributed by atoms with van der Waals surface area (Å²) in [5, 5.41) is 1.65. The van der Waals surface area contributed by atoms with Crippen molar-refractivity contribution in [3.63, 3.8) is 0 Å². The molecular weight excluding hydrogens is 162 g/mol. The van der Waals surface area contributed by atoms with Gasteiger partial charge in [0.1, 0.15) is 0 Å². The molecule has 3 nitrogen and oxygen atoms in total. The third-order valence-electron chi connectivity index (χ3n) is 2.00. The molecule has 4 N–H and O–H groups in total. The van der Waals surface area contributed by atoms with Gasteiger partial charge in [-0.1, -0.05) is 25.5 Å². The lowest BCUT2D eigenvalue weighted by molar-refractivity contribution is 0.381. The van der Waals surface area contributed by atoms with Crippen LogP contribution >= 0.6 is 0 Å². The predicted molar refractivity (Wildman–Crippen MR) is 57.5 cm³/mol. The number of hydrazine groups is 1. The minimum absolute atomic E-state index is 0.689. The number of nitrogens with zero attached hydrogens (tertiary/aromatic N) is 1. The van der Waals surface area contributed by atoms with Gasteiger partial charge in [0.25, 0.3) is 0 Å². The van der Waals surface area contributed by atoms with E-state index in [0.717, 1.165) is 29.8 Å². The quantitative estimate of drug-likeness (QED) is 0.388. The van der Waals surface area contributed by atoms with Gasteiger partial charge in [0.05, 0.1) is 6.54 Å². The van der Waals surface area contributed by atoms with Gasteiger partial charge in [0.2, 0.25) is 0 Å². The van der Waals surface area contributed by atoms with E-state index in [1.54, 1.807) is 5.01 Å². The highest BCUT2D eigenvalue weighted by molar-refractivity contribution is 5.07. The molecule has 0 fully saturated rings. The van der Waals surface area contributed by atoms with Gasteiger partial charge in [-0.2, -0.15) is 0 Å². The Hall–Kier alpha value is -0.960. The number of hydrogen-bond donors (Lipinski definition) is 2. The van der Waals surface area contributed by atoms with E-state index in [9.17, 15) is 0 Å². The monoisotopic (exact) mass is 183 g/mol. The van der Waals surface area contributed by atoms with Crippen LogP contribution < -0.4 is 11.6 Å². The summed E-state index contributed by atoms with van der Waals surface area (Å²) in [7, 11) is 0. The zero-order valence-electron chi connectivity index (χ0n) is 8.93. The molecule has 0 saturated heterocycles. The Kier molecular flexibility index (Phi) is 5.23. The van der Waals surface area contributed by atoms with E-state index in [1.807, 2.05) is 13.8 Å². The first-order valence-electron chi connectivity index (χ1n) is 4.60. The Balaban J connectivity index is 4.08. The summed E-state index contributed by atoms with van der Waals surface area (Å²) in [6, 6.07) is 0. The Morgan fingerprint density at radius 3 is 2.31 bits per heavy atom. The van der Waals surface area contributed by atoms with E-state index >= 15 is 0 Å².